The maximum Gasteiger partial charge on any atom is 0.339 e. The van der Waals surface area contributed by atoms with Crippen molar-refractivity contribution in [3.63, 3.8) is 0 Å². The molecule has 0 unspecified atom stereocenters. The second-order valence-electron chi connectivity index (χ2n) is 9.09. The first-order valence-electron chi connectivity index (χ1n) is 12.4. The molecule has 0 fully saturated rings. The second kappa shape index (κ2) is 12.8. The molecule has 0 saturated heterocycles. The van der Waals surface area contributed by atoms with E-state index < -0.39 is 10.1 Å². The van der Waals surface area contributed by atoms with Crippen LogP contribution in [-0.4, -0.2) is 44.3 Å². The SMILES string of the molecule is CC[C@@H](C)N(Cc1ccc(N(CC)CC)cc1OS(=O)(=O)c1ccc(NC(C)=O)cc1)C(=O)C(C)C. The van der Waals surface area contributed by atoms with Crippen LogP contribution in [0.1, 0.15) is 60.5 Å². The molecule has 8 nitrogen and oxygen atoms in total. The lowest BCUT2D eigenvalue weighted by atomic mass is 10.1. The summed E-state index contributed by atoms with van der Waals surface area (Å²) < 4.78 is 32.1. The molecule has 0 bridgehead atoms. The average Bonchev–Trinajstić information content (AvgIpc) is 2.83. The molecular weight excluding hydrogens is 478 g/mol. The van der Waals surface area contributed by atoms with E-state index in [4.69, 9.17) is 4.18 Å². The lowest BCUT2D eigenvalue weighted by Crippen LogP contribution is -2.40. The maximum absolute atomic E-state index is 13.2. The number of nitrogens with zero attached hydrogens (tertiary/aromatic N) is 2. The molecular formula is C27H39N3O5S. The fraction of sp³-hybridized carbons (Fsp3) is 0.481. The number of carbonyl (C=O) groups is 2. The summed E-state index contributed by atoms with van der Waals surface area (Å²) in [5.41, 5.74) is 1.93. The standard InChI is InChI=1S/C27H39N3O5S/c1-8-20(6)30(27(32)19(4)5)18-22-11-14-24(29(9-2)10-3)17-26(22)35-36(33,34)25-15-12-23(13-16-25)28-21(7)31/h11-17,19-20H,8-10,18H2,1-7H3,(H,28,31)/t20-/m1/s1. The zero-order valence-electron chi connectivity index (χ0n) is 22.4. The third-order valence-electron chi connectivity index (χ3n) is 6.08. The van der Waals surface area contributed by atoms with E-state index >= 15 is 0 Å². The van der Waals surface area contributed by atoms with Gasteiger partial charge in [-0.1, -0.05) is 26.8 Å². The van der Waals surface area contributed by atoms with Crippen LogP contribution >= 0.6 is 0 Å². The van der Waals surface area contributed by atoms with Crippen LogP contribution in [-0.2, 0) is 26.3 Å². The smallest absolute Gasteiger partial charge is 0.339 e. The molecule has 9 heteroatoms. The normalized spacial score (nSPS) is 12.2. The minimum absolute atomic E-state index is 0.000429. The van der Waals surface area contributed by atoms with Gasteiger partial charge in [0.2, 0.25) is 11.8 Å². The van der Waals surface area contributed by atoms with Gasteiger partial charge < -0.3 is 19.3 Å². The summed E-state index contributed by atoms with van der Waals surface area (Å²) in [7, 11) is -4.17. The number of hydrogen-bond acceptors (Lipinski definition) is 6. The van der Waals surface area contributed by atoms with Crippen LogP contribution in [0.4, 0.5) is 11.4 Å². The van der Waals surface area contributed by atoms with E-state index in [0.717, 1.165) is 25.2 Å². The largest absolute Gasteiger partial charge is 0.379 e. The summed E-state index contributed by atoms with van der Waals surface area (Å²) in [5.74, 6) is -0.250. The van der Waals surface area contributed by atoms with Crippen molar-refractivity contribution in [1.82, 2.24) is 4.90 Å². The molecule has 0 spiro atoms. The Morgan fingerprint density at radius 2 is 1.58 bits per heavy atom. The minimum Gasteiger partial charge on any atom is -0.379 e. The molecule has 0 radical (unpaired) electrons. The zero-order valence-corrected chi connectivity index (χ0v) is 23.2. The van der Waals surface area contributed by atoms with Gasteiger partial charge in [0.1, 0.15) is 10.6 Å². The number of rotatable bonds is 12. The van der Waals surface area contributed by atoms with Crippen LogP contribution in [0.5, 0.6) is 5.75 Å². The van der Waals surface area contributed by atoms with Gasteiger partial charge in [-0.15, -0.1) is 0 Å². The summed E-state index contributed by atoms with van der Waals surface area (Å²) in [5, 5.41) is 2.61. The molecule has 2 aromatic rings. The van der Waals surface area contributed by atoms with Crippen molar-refractivity contribution in [3.8, 4) is 5.75 Å². The Balaban J connectivity index is 2.51. The molecule has 1 N–H and O–H groups in total. The Morgan fingerprint density at radius 3 is 2.08 bits per heavy atom. The molecule has 0 aliphatic heterocycles. The van der Waals surface area contributed by atoms with Gasteiger partial charge in [0.15, 0.2) is 0 Å². The van der Waals surface area contributed by atoms with E-state index in [1.165, 1.54) is 31.2 Å². The van der Waals surface area contributed by atoms with Gasteiger partial charge in [0.25, 0.3) is 0 Å². The molecule has 2 aromatic carbocycles. The van der Waals surface area contributed by atoms with Gasteiger partial charge in [0, 0.05) is 61.5 Å². The molecule has 2 amide bonds. The molecule has 2 rings (SSSR count). The maximum atomic E-state index is 13.2. The van der Waals surface area contributed by atoms with Crippen LogP contribution in [0.2, 0.25) is 0 Å². The van der Waals surface area contributed by atoms with Crippen molar-refractivity contribution in [2.45, 2.75) is 72.4 Å². The van der Waals surface area contributed by atoms with Gasteiger partial charge in [-0.3, -0.25) is 9.59 Å². The third-order valence-corrected chi connectivity index (χ3v) is 7.33. The molecule has 0 saturated carbocycles. The fourth-order valence-corrected chi connectivity index (χ4v) is 4.76. The lowest BCUT2D eigenvalue weighted by molar-refractivity contribution is -0.137. The monoisotopic (exact) mass is 517 g/mol. The molecule has 0 aromatic heterocycles. The summed E-state index contributed by atoms with van der Waals surface area (Å²) in [6.07, 6.45) is 0.769. The lowest BCUT2D eigenvalue weighted by Gasteiger charge is -2.31. The number of benzene rings is 2. The average molecular weight is 518 g/mol. The van der Waals surface area contributed by atoms with Crippen molar-refractivity contribution in [2.75, 3.05) is 23.3 Å². The second-order valence-corrected chi connectivity index (χ2v) is 10.6. The van der Waals surface area contributed by atoms with Crippen LogP contribution in [0, 0.1) is 5.92 Å². The van der Waals surface area contributed by atoms with E-state index in [9.17, 15) is 18.0 Å². The Hall–Kier alpha value is -3.07. The zero-order chi connectivity index (χ0) is 27.0. The van der Waals surface area contributed by atoms with Crippen LogP contribution in [0.15, 0.2) is 47.4 Å². The molecule has 0 aliphatic carbocycles. The highest BCUT2D eigenvalue weighted by Gasteiger charge is 2.25. The van der Waals surface area contributed by atoms with E-state index in [1.807, 2.05) is 53.7 Å². The van der Waals surface area contributed by atoms with E-state index in [1.54, 1.807) is 11.0 Å². The predicted molar refractivity (Wildman–Crippen MR) is 144 cm³/mol. The van der Waals surface area contributed by atoms with Crippen LogP contribution in [0.3, 0.4) is 0 Å². The van der Waals surface area contributed by atoms with Crippen LogP contribution < -0.4 is 14.4 Å². The first kappa shape index (κ1) is 29.2. The highest BCUT2D eigenvalue weighted by Crippen LogP contribution is 2.31. The number of nitrogens with one attached hydrogen (secondary N) is 1. The first-order chi connectivity index (χ1) is 16.9. The number of carbonyl (C=O) groups excluding carboxylic acids is 2. The highest BCUT2D eigenvalue weighted by molar-refractivity contribution is 7.87. The Morgan fingerprint density at radius 1 is 0.972 bits per heavy atom. The first-order valence-corrected chi connectivity index (χ1v) is 13.8. The van der Waals surface area contributed by atoms with E-state index in [-0.39, 0.29) is 41.0 Å². The van der Waals surface area contributed by atoms with Gasteiger partial charge in [-0.2, -0.15) is 8.42 Å². The molecule has 1 atom stereocenters. The van der Waals surface area contributed by atoms with Crippen molar-refractivity contribution < 1.29 is 22.2 Å². The summed E-state index contributed by atoms with van der Waals surface area (Å²) in [6.45, 7) is 14.9. The Bertz CT molecular complexity index is 1140. The number of amides is 2. The topological polar surface area (TPSA) is 96.0 Å². The van der Waals surface area contributed by atoms with E-state index in [2.05, 4.69) is 10.2 Å². The minimum atomic E-state index is -4.17. The van der Waals surface area contributed by atoms with Crippen LogP contribution in [0.25, 0.3) is 0 Å². The summed E-state index contributed by atoms with van der Waals surface area (Å²) >= 11 is 0. The Kier molecular flexibility index (Phi) is 10.3. The van der Waals surface area contributed by atoms with Crippen molar-refractivity contribution in [2.24, 2.45) is 5.92 Å². The van der Waals surface area contributed by atoms with Gasteiger partial charge >= 0.3 is 10.1 Å². The molecule has 0 aliphatic rings. The van der Waals surface area contributed by atoms with Gasteiger partial charge in [0.05, 0.1) is 0 Å². The highest BCUT2D eigenvalue weighted by atomic mass is 32.2. The summed E-state index contributed by atoms with van der Waals surface area (Å²) in [6, 6.07) is 11.3. The third kappa shape index (κ3) is 7.46. The van der Waals surface area contributed by atoms with Gasteiger partial charge in [-0.05, 0) is 57.5 Å². The molecule has 198 valence electrons. The number of anilines is 2. The quantitative estimate of drug-likeness (QED) is 0.396. The van der Waals surface area contributed by atoms with Crippen molar-refractivity contribution in [1.29, 1.82) is 0 Å². The molecule has 36 heavy (non-hydrogen) atoms. The van der Waals surface area contributed by atoms with Crippen molar-refractivity contribution in [3.05, 3.63) is 48.0 Å². The van der Waals surface area contributed by atoms with Gasteiger partial charge in [-0.25, -0.2) is 0 Å². The fourth-order valence-electron chi connectivity index (χ4n) is 3.80. The molecule has 0 heterocycles. The number of hydrogen-bond donors (Lipinski definition) is 1. The Labute approximate surface area is 215 Å². The van der Waals surface area contributed by atoms with Crippen molar-refractivity contribution >= 4 is 33.3 Å². The van der Waals surface area contributed by atoms with E-state index in [0.29, 0.717) is 11.3 Å². The predicted octanol–water partition coefficient (Wildman–Crippen LogP) is 5.04. The summed E-state index contributed by atoms with van der Waals surface area (Å²) in [4.78, 5) is 28.1.